The van der Waals surface area contributed by atoms with Crippen molar-refractivity contribution >= 4 is 5.82 Å². The zero-order chi connectivity index (χ0) is 10.4. The number of aromatic nitrogens is 2. The molecule has 0 aliphatic rings. The monoisotopic (exact) mass is 196 g/mol. The van der Waals surface area contributed by atoms with Crippen molar-refractivity contribution < 1.29 is 0 Å². The van der Waals surface area contributed by atoms with Crippen LogP contribution in [0.1, 0.15) is 32.3 Å². The summed E-state index contributed by atoms with van der Waals surface area (Å²) >= 11 is 0. The largest absolute Gasteiger partial charge is 0.384 e. The van der Waals surface area contributed by atoms with Crippen molar-refractivity contribution in [1.82, 2.24) is 15.1 Å². The maximum atomic E-state index is 5.74. The Morgan fingerprint density at radius 3 is 2.43 bits per heavy atom. The molecular weight excluding hydrogens is 176 g/mol. The van der Waals surface area contributed by atoms with Crippen LogP contribution in [0.2, 0.25) is 0 Å². The first-order chi connectivity index (χ1) is 6.77. The summed E-state index contributed by atoms with van der Waals surface area (Å²) in [6.07, 6.45) is 4.17. The SMILES string of the molecule is CCCN(CCC)Cc1cn[nH]c1N. The second kappa shape index (κ2) is 5.65. The Hall–Kier alpha value is -1.03. The number of hydrogen-bond donors (Lipinski definition) is 2. The van der Waals surface area contributed by atoms with Gasteiger partial charge < -0.3 is 5.73 Å². The topological polar surface area (TPSA) is 57.9 Å². The van der Waals surface area contributed by atoms with Gasteiger partial charge in [-0.25, -0.2) is 0 Å². The Morgan fingerprint density at radius 1 is 1.36 bits per heavy atom. The van der Waals surface area contributed by atoms with Crippen LogP contribution in [-0.4, -0.2) is 28.2 Å². The molecule has 0 radical (unpaired) electrons. The highest BCUT2D eigenvalue weighted by atomic mass is 15.2. The molecule has 0 saturated heterocycles. The van der Waals surface area contributed by atoms with Crippen molar-refractivity contribution in [2.75, 3.05) is 18.8 Å². The summed E-state index contributed by atoms with van der Waals surface area (Å²) < 4.78 is 0. The fourth-order valence-corrected chi connectivity index (χ4v) is 1.59. The van der Waals surface area contributed by atoms with E-state index < -0.39 is 0 Å². The molecule has 0 aliphatic carbocycles. The van der Waals surface area contributed by atoms with Crippen molar-refractivity contribution in [3.05, 3.63) is 11.8 Å². The highest BCUT2D eigenvalue weighted by molar-refractivity contribution is 5.36. The van der Waals surface area contributed by atoms with E-state index in [0.29, 0.717) is 5.82 Å². The number of nitrogen functional groups attached to an aromatic ring is 1. The van der Waals surface area contributed by atoms with Crippen LogP contribution < -0.4 is 5.73 Å². The first-order valence-electron chi connectivity index (χ1n) is 5.28. The van der Waals surface area contributed by atoms with Crippen LogP contribution in [-0.2, 0) is 6.54 Å². The van der Waals surface area contributed by atoms with Crippen molar-refractivity contribution in [1.29, 1.82) is 0 Å². The molecule has 4 nitrogen and oxygen atoms in total. The fraction of sp³-hybridized carbons (Fsp3) is 0.700. The average molecular weight is 196 g/mol. The molecule has 3 N–H and O–H groups in total. The predicted molar refractivity (Wildman–Crippen MR) is 58.9 cm³/mol. The molecule has 0 bridgehead atoms. The minimum atomic E-state index is 0.696. The zero-order valence-corrected chi connectivity index (χ0v) is 9.08. The van der Waals surface area contributed by atoms with Gasteiger partial charge in [0.2, 0.25) is 0 Å². The molecule has 1 rings (SSSR count). The van der Waals surface area contributed by atoms with Crippen LogP contribution in [0.15, 0.2) is 6.20 Å². The van der Waals surface area contributed by atoms with Gasteiger partial charge in [-0.1, -0.05) is 13.8 Å². The van der Waals surface area contributed by atoms with Crippen molar-refractivity contribution in [2.24, 2.45) is 0 Å². The molecule has 0 aromatic carbocycles. The van der Waals surface area contributed by atoms with E-state index in [9.17, 15) is 0 Å². The van der Waals surface area contributed by atoms with Gasteiger partial charge in [-0.15, -0.1) is 0 Å². The average Bonchev–Trinajstić information content (AvgIpc) is 2.53. The fourth-order valence-electron chi connectivity index (χ4n) is 1.59. The van der Waals surface area contributed by atoms with Crippen LogP contribution in [0.3, 0.4) is 0 Å². The van der Waals surface area contributed by atoms with E-state index in [0.717, 1.165) is 25.2 Å². The molecule has 80 valence electrons. The molecule has 14 heavy (non-hydrogen) atoms. The number of nitrogens with zero attached hydrogens (tertiary/aromatic N) is 2. The lowest BCUT2D eigenvalue weighted by atomic mass is 10.2. The number of nitrogens with one attached hydrogen (secondary N) is 1. The standard InChI is InChI=1S/C10H20N4/c1-3-5-14(6-4-2)8-9-7-12-13-10(9)11/h7H,3-6,8H2,1-2H3,(H3,11,12,13). The molecule has 4 heteroatoms. The summed E-state index contributed by atoms with van der Waals surface area (Å²) in [5.41, 5.74) is 6.84. The van der Waals surface area contributed by atoms with Crippen LogP contribution in [0.5, 0.6) is 0 Å². The maximum Gasteiger partial charge on any atom is 0.123 e. The van der Waals surface area contributed by atoms with Gasteiger partial charge in [0, 0.05) is 12.1 Å². The van der Waals surface area contributed by atoms with Gasteiger partial charge in [-0.2, -0.15) is 5.10 Å². The zero-order valence-electron chi connectivity index (χ0n) is 9.08. The first-order valence-corrected chi connectivity index (χ1v) is 5.28. The Kier molecular flexibility index (Phi) is 4.46. The molecule has 0 unspecified atom stereocenters. The summed E-state index contributed by atoms with van der Waals surface area (Å²) in [4.78, 5) is 2.40. The maximum absolute atomic E-state index is 5.74. The third kappa shape index (κ3) is 3.03. The Labute approximate surface area is 85.5 Å². The van der Waals surface area contributed by atoms with Crippen LogP contribution in [0.4, 0.5) is 5.82 Å². The second-order valence-electron chi connectivity index (χ2n) is 3.59. The summed E-state index contributed by atoms with van der Waals surface area (Å²) in [5.74, 6) is 0.696. The Balaban J connectivity index is 2.50. The van der Waals surface area contributed by atoms with Crippen LogP contribution in [0.25, 0.3) is 0 Å². The van der Waals surface area contributed by atoms with Crippen molar-refractivity contribution in [2.45, 2.75) is 33.2 Å². The third-order valence-corrected chi connectivity index (χ3v) is 2.22. The number of hydrogen-bond acceptors (Lipinski definition) is 3. The minimum Gasteiger partial charge on any atom is -0.384 e. The summed E-state index contributed by atoms with van der Waals surface area (Å²) in [7, 11) is 0. The summed E-state index contributed by atoms with van der Waals surface area (Å²) in [6.45, 7) is 7.55. The molecule has 1 aromatic heterocycles. The molecule has 0 fully saturated rings. The van der Waals surface area contributed by atoms with Gasteiger partial charge in [0.05, 0.1) is 6.20 Å². The highest BCUT2D eigenvalue weighted by Gasteiger charge is 2.07. The molecule has 1 aromatic rings. The number of anilines is 1. The van der Waals surface area contributed by atoms with Gasteiger partial charge in [0.1, 0.15) is 5.82 Å². The Bertz CT molecular complexity index is 250. The van der Waals surface area contributed by atoms with E-state index in [2.05, 4.69) is 28.9 Å². The van der Waals surface area contributed by atoms with E-state index in [1.165, 1.54) is 12.8 Å². The van der Waals surface area contributed by atoms with E-state index in [1.807, 2.05) is 6.20 Å². The summed E-state index contributed by atoms with van der Waals surface area (Å²) in [6, 6.07) is 0. The quantitative estimate of drug-likeness (QED) is 0.726. The van der Waals surface area contributed by atoms with E-state index >= 15 is 0 Å². The Morgan fingerprint density at radius 2 is 2.00 bits per heavy atom. The number of H-pyrrole nitrogens is 1. The van der Waals surface area contributed by atoms with Gasteiger partial charge in [-0.3, -0.25) is 10.00 Å². The molecule has 0 spiro atoms. The molecule has 1 heterocycles. The molecule has 0 saturated carbocycles. The van der Waals surface area contributed by atoms with Crippen molar-refractivity contribution in [3.63, 3.8) is 0 Å². The lowest BCUT2D eigenvalue weighted by Gasteiger charge is -2.20. The van der Waals surface area contributed by atoms with E-state index in [4.69, 9.17) is 5.73 Å². The molecular formula is C10H20N4. The predicted octanol–water partition coefficient (Wildman–Crippen LogP) is 1.61. The molecule has 0 amide bonds. The molecule has 0 aliphatic heterocycles. The number of rotatable bonds is 6. The smallest absolute Gasteiger partial charge is 0.123 e. The lowest BCUT2D eigenvalue weighted by Crippen LogP contribution is -2.25. The summed E-state index contributed by atoms with van der Waals surface area (Å²) in [5, 5.41) is 6.68. The second-order valence-corrected chi connectivity index (χ2v) is 3.59. The van der Waals surface area contributed by atoms with E-state index in [1.54, 1.807) is 0 Å². The van der Waals surface area contributed by atoms with Crippen LogP contribution in [0, 0.1) is 0 Å². The number of aromatic amines is 1. The van der Waals surface area contributed by atoms with Crippen LogP contribution >= 0.6 is 0 Å². The highest BCUT2D eigenvalue weighted by Crippen LogP contribution is 2.10. The number of nitrogens with two attached hydrogens (primary N) is 1. The molecule has 0 atom stereocenters. The third-order valence-electron chi connectivity index (χ3n) is 2.22. The lowest BCUT2D eigenvalue weighted by molar-refractivity contribution is 0.267. The first kappa shape index (κ1) is 11.0. The van der Waals surface area contributed by atoms with E-state index in [-0.39, 0.29) is 0 Å². The van der Waals surface area contributed by atoms with Gasteiger partial charge >= 0.3 is 0 Å². The van der Waals surface area contributed by atoms with Gasteiger partial charge in [0.25, 0.3) is 0 Å². The van der Waals surface area contributed by atoms with Crippen molar-refractivity contribution in [3.8, 4) is 0 Å². The normalized spacial score (nSPS) is 11.1. The van der Waals surface area contributed by atoms with Gasteiger partial charge in [0.15, 0.2) is 0 Å². The van der Waals surface area contributed by atoms with Gasteiger partial charge in [-0.05, 0) is 25.9 Å². The minimum absolute atomic E-state index is 0.696.